The lowest BCUT2D eigenvalue weighted by Crippen LogP contribution is -2.41. The zero-order chi connectivity index (χ0) is 26.8. The van der Waals surface area contributed by atoms with Gasteiger partial charge in [0.25, 0.3) is 0 Å². The highest BCUT2D eigenvalue weighted by atomic mass is 16.5. The molecule has 206 valence electrons. The lowest BCUT2D eigenvalue weighted by atomic mass is 9.79. The second-order valence-electron chi connectivity index (χ2n) is 12.0. The summed E-state index contributed by atoms with van der Waals surface area (Å²) in [4.78, 5) is 21.0. The van der Waals surface area contributed by atoms with E-state index < -0.39 is 0 Å². The van der Waals surface area contributed by atoms with Crippen molar-refractivity contribution in [2.24, 2.45) is 11.8 Å². The molecular weight excluding hydrogens is 484 g/mol. The van der Waals surface area contributed by atoms with Gasteiger partial charge in [-0.1, -0.05) is 31.4 Å². The SMILES string of the molecule is COc1ccc(C2CCC(CN(C(=O)C3CCCCC3)c3cccc(-c4cnn(C5CC5)c4)c3)CC2)nc1C. The minimum atomic E-state index is 0.155. The molecule has 6 rings (SSSR count). The highest BCUT2D eigenvalue weighted by Crippen LogP contribution is 2.39. The molecule has 0 N–H and O–H groups in total. The molecule has 0 saturated heterocycles. The van der Waals surface area contributed by atoms with E-state index in [2.05, 4.69) is 57.3 Å². The van der Waals surface area contributed by atoms with Crippen molar-refractivity contribution < 1.29 is 9.53 Å². The van der Waals surface area contributed by atoms with Crippen molar-refractivity contribution in [2.75, 3.05) is 18.6 Å². The molecule has 6 heteroatoms. The number of hydrogen-bond acceptors (Lipinski definition) is 4. The van der Waals surface area contributed by atoms with Crippen molar-refractivity contribution in [3.63, 3.8) is 0 Å². The van der Waals surface area contributed by atoms with Crippen LogP contribution in [0.2, 0.25) is 0 Å². The Hall–Kier alpha value is -3.15. The maximum atomic E-state index is 14.0. The molecule has 3 fully saturated rings. The number of carbonyl (C=O) groups excluding carboxylic acids is 1. The van der Waals surface area contributed by atoms with E-state index in [9.17, 15) is 4.79 Å². The van der Waals surface area contributed by atoms with Crippen LogP contribution in [0.4, 0.5) is 5.69 Å². The maximum Gasteiger partial charge on any atom is 0.230 e. The van der Waals surface area contributed by atoms with Gasteiger partial charge in [0.2, 0.25) is 5.91 Å². The van der Waals surface area contributed by atoms with Crippen molar-refractivity contribution in [1.82, 2.24) is 14.8 Å². The van der Waals surface area contributed by atoms with Gasteiger partial charge >= 0.3 is 0 Å². The van der Waals surface area contributed by atoms with Crippen LogP contribution in [0.5, 0.6) is 5.75 Å². The molecule has 2 aromatic heterocycles. The number of carbonyl (C=O) groups is 1. The van der Waals surface area contributed by atoms with Crippen LogP contribution in [0, 0.1) is 18.8 Å². The van der Waals surface area contributed by atoms with Gasteiger partial charge in [0.15, 0.2) is 0 Å². The summed E-state index contributed by atoms with van der Waals surface area (Å²) in [7, 11) is 1.70. The molecule has 0 atom stereocenters. The van der Waals surface area contributed by atoms with E-state index in [1.165, 1.54) is 37.8 Å². The van der Waals surface area contributed by atoms with Gasteiger partial charge in [-0.3, -0.25) is 14.5 Å². The highest BCUT2D eigenvalue weighted by Gasteiger charge is 2.31. The van der Waals surface area contributed by atoms with Gasteiger partial charge in [-0.05, 0) is 94.0 Å². The van der Waals surface area contributed by atoms with Crippen molar-refractivity contribution in [1.29, 1.82) is 0 Å². The van der Waals surface area contributed by atoms with Crippen molar-refractivity contribution in [2.45, 2.75) is 89.5 Å². The molecule has 3 aromatic rings. The van der Waals surface area contributed by atoms with Crippen molar-refractivity contribution in [3.8, 4) is 16.9 Å². The molecule has 3 aliphatic carbocycles. The van der Waals surface area contributed by atoms with E-state index in [1.807, 2.05) is 13.1 Å². The number of hydrogen-bond donors (Lipinski definition) is 0. The van der Waals surface area contributed by atoms with Crippen LogP contribution in [0.15, 0.2) is 48.8 Å². The number of benzene rings is 1. The number of amides is 1. The second-order valence-corrected chi connectivity index (χ2v) is 12.0. The van der Waals surface area contributed by atoms with E-state index in [1.54, 1.807) is 7.11 Å². The lowest BCUT2D eigenvalue weighted by molar-refractivity contribution is -0.123. The Balaban J connectivity index is 1.19. The first-order chi connectivity index (χ1) is 19.1. The third-order valence-electron chi connectivity index (χ3n) is 9.22. The first-order valence-corrected chi connectivity index (χ1v) is 15.1. The quantitative estimate of drug-likeness (QED) is 0.305. The Kier molecular flexibility index (Phi) is 7.71. The number of pyridine rings is 1. The highest BCUT2D eigenvalue weighted by molar-refractivity contribution is 5.95. The van der Waals surface area contributed by atoms with Gasteiger partial charge in [0.05, 0.1) is 25.0 Å². The normalized spacial score (nSPS) is 22.0. The summed E-state index contributed by atoms with van der Waals surface area (Å²) in [5.41, 5.74) is 5.46. The number of ether oxygens (including phenoxy) is 1. The molecule has 1 amide bonds. The van der Waals surface area contributed by atoms with Crippen LogP contribution in [-0.2, 0) is 4.79 Å². The fourth-order valence-corrected chi connectivity index (χ4v) is 6.68. The standard InChI is InChI=1S/C33H42N4O2/c1-23-32(39-2)18-17-31(35-23)25-13-11-24(12-14-25)21-36(33(38)26-7-4-3-5-8-26)30-10-6-9-27(19-30)28-20-34-37(22-28)29-15-16-29/h6,9-10,17-20,22,24-26,29H,3-5,7-8,11-16,21H2,1-2H3. The molecular formula is C33H42N4O2. The van der Waals surface area contributed by atoms with Crippen LogP contribution in [-0.4, -0.2) is 34.3 Å². The fraction of sp³-hybridized carbons (Fsp3) is 0.545. The van der Waals surface area contributed by atoms with Gasteiger partial charge in [0.1, 0.15) is 5.75 Å². The van der Waals surface area contributed by atoms with E-state index in [4.69, 9.17) is 9.72 Å². The summed E-state index contributed by atoms with van der Waals surface area (Å²) >= 11 is 0. The predicted molar refractivity (Wildman–Crippen MR) is 155 cm³/mol. The summed E-state index contributed by atoms with van der Waals surface area (Å²) in [5.74, 6) is 2.33. The van der Waals surface area contributed by atoms with Crippen LogP contribution < -0.4 is 9.64 Å². The molecule has 0 spiro atoms. The van der Waals surface area contributed by atoms with E-state index in [-0.39, 0.29) is 5.92 Å². The zero-order valence-electron chi connectivity index (χ0n) is 23.5. The van der Waals surface area contributed by atoms with Gasteiger partial charge in [-0.2, -0.15) is 5.10 Å². The third kappa shape index (κ3) is 5.90. The van der Waals surface area contributed by atoms with E-state index in [0.29, 0.717) is 23.8 Å². The van der Waals surface area contributed by atoms with Gasteiger partial charge in [-0.15, -0.1) is 0 Å². The fourth-order valence-electron chi connectivity index (χ4n) is 6.68. The summed E-state index contributed by atoms with van der Waals surface area (Å²) < 4.78 is 7.51. The minimum absolute atomic E-state index is 0.155. The van der Waals surface area contributed by atoms with E-state index >= 15 is 0 Å². The summed E-state index contributed by atoms with van der Waals surface area (Å²) in [5, 5.41) is 4.60. The molecule has 1 aromatic carbocycles. The molecule has 39 heavy (non-hydrogen) atoms. The second kappa shape index (κ2) is 11.5. The summed E-state index contributed by atoms with van der Waals surface area (Å²) in [6.07, 6.45) is 16.7. The first-order valence-electron chi connectivity index (χ1n) is 15.1. The average Bonchev–Trinajstić information content (AvgIpc) is 3.72. The minimum Gasteiger partial charge on any atom is -0.495 e. The number of aromatic nitrogens is 3. The van der Waals surface area contributed by atoms with Crippen LogP contribution in [0.1, 0.15) is 94.0 Å². The number of rotatable bonds is 8. The molecule has 6 nitrogen and oxygen atoms in total. The summed E-state index contributed by atoms with van der Waals surface area (Å²) in [6, 6.07) is 13.3. The van der Waals surface area contributed by atoms with Crippen LogP contribution in [0.25, 0.3) is 11.1 Å². The number of nitrogens with zero attached hydrogens (tertiary/aromatic N) is 4. The molecule has 0 bridgehead atoms. The molecule has 0 unspecified atom stereocenters. The topological polar surface area (TPSA) is 60.2 Å². The van der Waals surface area contributed by atoms with Crippen molar-refractivity contribution >= 4 is 11.6 Å². The molecule has 3 aliphatic rings. The number of methoxy groups -OCH3 is 1. The Morgan fingerprint density at radius 3 is 2.49 bits per heavy atom. The van der Waals surface area contributed by atoms with Gasteiger partial charge in [-0.25, -0.2) is 0 Å². The van der Waals surface area contributed by atoms with Crippen molar-refractivity contribution in [3.05, 3.63) is 60.2 Å². The lowest BCUT2D eigenvalue weighted by Gasteiger charge is -2.35. The van der Waals surface area contributed by atoms with Gasteiger partial charge in [0, 0.05) is 41.5 Å². The molecule has 0 radical (unpaired) electrons. The smallest absolute Gasteiger partial charge is 0.230 e. The summed E-state index contributed by atoms with van der Waals surface area (Å²) in [6.45, 7) is 2.83. The number of aryl methyl sites for hydroxylation is 1. The van der Waals surface area contributed by atoms with Crippen LogP contribution in [0.3, 0.4) is 0 Å². The first kappa shape index (κ1) is 26.1. The number of anilines is 1. The largest absolute Gasteiger partial charge is 0.495 e. The predicted octanol–water partition coefficient (Wildman–Crippen LogP) is 7.48. The van der Waals surface area contributed by atoms with Gasteiger partial charge < -0.3 is 9.64 Å². The van der Waals surface area contributed by atoms with Crippen LogP contribution >= 0.6 is 0 Å². The molecule has 0 aliphatic heterocycles. The maximum absolute atomic E-state index is 14.0. The third-order valence-corrected chi connectivity index (χ3v) is 9.22. The Morgan fingerprint density at radius 1 is 0.974 bits per heavy atom. The zero-order valence-corrected chi connectivity index (χ0v) is 23.5. The molecule has 2 heterocycles. The Morgan fingerprint density at radius 2 is 1.77 bits per heavy atom. The van der Waals surface area contributed by atoms with E-state index in [0.717, 1.165) is 73.3 Å². The Labute approximate surface area is 232 Å². The Bertz CT molecular complexity index is 1280. The monoisotopic (exact) mass is 526 g/mol. The average molecular weight is 527 g/mol. The molecule has 3 saturated carbocycles.